The van der Waals surface area contributed by atoms with Gasteiger partial charge in [-0.3, -0.25) is 9.42 Å². The molecule has 1 N–H and O–H groups in total. The molecule has 1 unspecified atom stereocenters. The largest absolute Gasteiger partial charge is 0.528 e. The lowest BCUT2D eigenvalue weighted by Gasteiger charge is -2.17. The van der Waals surface area contributed by atoms with Gasteiger partial charge in [0.1, 0.15) is 18.1 Å². The van der Waals surface area contributed by atoms with Crippen molar-refractivity contribution in [3.63, 3.8) is 0 Å². The van der Waals surface area contributed by atoms with Crippen LogP contribution in [0.15, 0.2) is 52.3 Å². The third kappa shape index (κ3) is 5.93. The molecule has 1 aliphatic rings. The maximum Gasteiger partial charge on any atom is 0.528 e. The Morgan fingerprint density at radius 2 is 1.93 bits per heavy atom. The second kappa shape index (κ2) is 10.7. The fraction of sp³-hybridized carbons (Fsp3) is 0.304. The van der Waals surface area contributed by atoms with E-state index in [4.69, 9.17) is 13.8 Å². The summed E-state index contributed by atoms with van der Waals surface area (Å²) < 4.78 is 28.6. The van der Waals surface area contributed by atoms with E-state index in [1.165, 1.54) is 11.8 Å². The van der Waals surface area contributed by atoms with Crippen LogP contribution in [0.1, 0.15) is 43.7 Å². The molecule has 0 spiro atoms. The summed E-state index contributed by atoms with van der Waals surface area (Å²) >= 11 is 1.52. The first-order valence-corrected chi connectivity index (χ1v) is 12.1. The van der Waals surface area contributed by atoms with E-state index < -0.39 is 7.82 Å². The molecule has 2 aromatic rings. The summed E-state index contributed by atoms with van der Waals surface area (Å²) in [6.07, 6.45) is 5.75. The Hall–Kier alpha value is -2.16. The first-order chi connectivity index (χ1) is 14.5. The molecule has 0 fully saturated rings. The number of fused-ring (bicyclic) bond motifs is 2. The lowest BCUT2D eigenvalue weighted by Crippen LogP contribution is -1.98. The van der Waals surface area contributed by atoms with Gasteiger partial charge < -0.3 is 9.26 Å². The number of hydrogen-bond donors (Lipinski definition) is 1. The van der Waals surface area contributed by atoms with Crippen LogP contribution in [-0.2, 0) is 13.6 Å². The lowest BCUT2D eigenvalue weighted by atomic mass is 10.1. The van der Waals surface area contributed by atoms with Gasteiger partial charge in [-0.2, -0.15) is 0 Å². The van der Waals surface area contributed by atoms with Gasteiger partial charge in [0.15, 0.2) is 0 Å². The SMILES string of the molecule is CCCCCC#CCOP(=O)(O)OC1=Cc2ccccc2Sc2c(OC)cccc21. The molecule has 2 aromatic carbocycles. The van der Waals surface area contributed by atoms with E-state index in [1.54, 1.807) is 13.2 Å². The van der Waals surface area contributed by atoms with E-state index >= 15 is 0 Å². The fourth-order valence-electron chi connectivity index (χ4n) is 2.94. The summed E-state index contributed by atoms with van der Waals surface area (Å²) in [6, 6.07) is 13.3. The van der Waals surface area contributed by atoms with Crippen molar-refractivity contribution in [3.8, 4) is 17.6 Å². The van der Waals surface area contributed by atoms with Crippen LogP contribution in [0, 0.1) is 11.8 Å². The summed E-state index contributed by atoms with van der Waals surface area (Å²) in [7, 11) is -2.76. The molecule has 1 aliphatic heterocycles. The molecule has 0 aromatic heterocycles. The van der Waals surface area contributed by atoms with E-state index in [0.717, 1.165) is 41.0 Å². The summed E-state index contributed by atoms with van der Waals surface area (Å²) in [4.78, 5) is 12.1. The quantitative estimate of drug-likeness (QED) is 0.290. The van der Waals surface area contributed by atoms with Gasteiger partial charge in [0.2, 0.25) is 0 Å². The van der Waals surface area contributed by atoms with Crippen LogP contribution >= 0.6 is 19.6 Å². The van der Waals surface area contributed by atoms with E-state index in [9.17, 15) is 9.46 Å². The standard InChI is InChI=1S/C23H25O5PS/c1-3-4-5-6-7-10-16-27-29(24,25)28-21-17-18-12-8-9-15-22(18)30-23-19(21)13-11-14-20(23)26-2/h8-9,11-15,17H,3-6,16H2,1-2H3,(H,24,25). The highest BCUT2D eigenvalue weighted by molar-refractivity contribution is 7.99. The van der Waals surface area contributed by atoms with Gasteiger partial charge >= 0.3 is 7.82 Å². The Morgan fingerprint density at radius 3 is 2.73 bits per heavy atom. The van der Waals surface area contributed by atoms with Gasteiger partial charge in [0.25, 0.3) is 0 Å². The summed E-state index contributed by atoms with van der Waals surface area (Å²) in [5.74, 6) is 6.64. The average Bonchev–Trinajstić information content (AvgIpc) is 2.89. The first-order valence-electron chi connectivity index (χ1n) is 9.82. The molecular formula is C23H25O5PS. The highest BCUT2D eigenvalue weighted by atomic mass is 32.2. The van der Waals surface area contributed by atoms with Gasteiger partial charge in [-0.15, -0.1) is 5.92 Å². The van der Waals surface area contributed by atoms with Crippen LogP contribution in [0.25, 0.3) is 11.8 Å². The highest BCUT2D eigenvalue weighted by Gasteiger charge is 2.28. The molecule has 1 atom stereocenters. The zero-order valence-electron chi connectivity index (χ0n) is 17.1. The van der Waals surface area contributed by atoms with Crippen LogP contribution in [0.5, 0.6) is 5.75 Å². The molecule has 5 nitrogen and oxygen atoms in total. The maximum absolute atomic E-state index is 12.6. The van der Waals surface area contributed by atoms with Crippen molar-refractivity contribution in [1.29, 1.82) is 0 Å². The van der Waals surface area contributed by atoms with E-state index in [0.29, 0.717) is 11.3 Å². The Bertz CT molecular complexity index is 1020. The molecule has 0 saturated carbocycles. The topological polar surface area (TPSA) is 65.0 Å². The minimum absolute atomic E-state index is 0.163. The van der Waals surface area contributed by atoms with Crippen molar-refractivity contribution >= 4 is 31.4 Å². The summed E-state index contributed by atoms with van der Waals surface area (Å²) in [5.41, 5.74) is 1.55. The lowest BCUT2D eigenvalue weighted by molar-refractivity contribution is 0.215. The summed E-state index contributed by atoms with van der Waals surface area (Å²) in [6.45, 7) is 1.96. The van der Waals surface area contributed by atoms with Gasteiger partial charge in [0, 0.05) is 16.9 Å². The van der Waals surface area contributed by atoms with Crippen LogP contribution in [-0.4, -0.2) is 18.6 Å². The zero-order chi connectivity index (χ0) is 21.4. The number of phosphoric acid groups is 1. The van der Waals surface area contributed by atoms with Crippen LogP contribution in [0.3, 0.4) is 0 Å². The second-order valence-corrected chi connectivity index (χ2v) is 9.06. The maximum atomic E-state index is 12.6. The smallest absolute Gasteiger partial charge is 0.496 e. The van der Waals surface area contributed by atoms with Gasteiger partial charge in [-0.05, 0) is 36.3 Å². The van der Waals surface area contributed by atoms with Crippen LogP contribution < -0.4 is 4.74 Å². The number of rotatable bonds is 8. The van der Waals surface area contributed by atoms with Gasteiger partial charge in [0.05, 0.1) is 12.0 Å². The van der Waals surface area contributed by atoms with E-state index in [1.807, 2.05) is 42.5 Å². The molecule has 7 heteroatoms. The molecule has 1 heterocycles. The molecule has 0 radical (unpaired) electrons. The first kappa shape index (κ1) is 22.5. The second-order valence-electron chi connectivity index (χ2n) is 6.63. The van der Waals surface area contributed by atoms with Crippen molar-refractivity contribution in [3.05, 3.63) is 53.6 Å². The number of ether oxygens (including phenoxy) is 1. The number of phosphoric ester groups is 1. The number of hydrogen-bond acceptors (Lipinski definition) is 5. The van der Waals surface area contributed by atoms with Gasteiger partial charge in [-0.25, -0.2) is 4.57 Å². The average molecular weight is 444 g/mol. The predicted molar refractivity (Wildman–Crippen MR) is 120 cm³/mol. The van der Waals surface area contributed by atoms with Crippen molar-refractivity contribution in [2.75, 3.05) is 13.7 Å². The molecule has 0 saturated heterocycles. The minimum atomic E-state index is -4.35. The van der Waals surface area contributed by atoms with Crippen molar-refractivity contribution < 1.29 is 23.2 Å². The monoisotopic (exact) mass is 444 g/mol. The van der Waals surface area contributed by atoms with Crippen molar-refractivity contribution in [1.82, 2.24) is 0 Å². The Morgan fingerprint density at radius 1 is 1.10 bits per heavy atom. The molecule has 3 rings (SSSR count). The molecule has 30 heavy (non-hydrogen) atoms. The molecule has 0 aliphatic carbocycles. The van der Waals surface area contributed by atoms with Crippen LogP contribution in [0.2, 0.25) is 0 Å². The number of unbranched alkanes of at least 4 members (excludes halogenated alkanes) is 3. The molecule has 0 bridgehead atoms. The fourth-order valence-corrected chi connectivity index (χ4v) is 4.76. The van der Waals surface area contributed by atoms with E-state index in [2.05, 4.69) is 18.8 Å². The molecule has 0 amide bonds. The Kier molecular flexibility index (Phi) is 8.07. The Balaban J connectivity index is 1.82. The van der Waals surface area contributed by atoms with Crippen molar-refractivity contribution in [2.45, 2.75) is 42.4 Å². The third-order valence-electron chi connectivity index (χ3n) is 4.43. The minimum Gasteiger partial charge on any atom is -0.496 e. The highest BCUT2D eigenvalue weighted by Crippen LogP contribution is 2.52. The van der Waals surface area contributed by atoms with Gasteiger partial charge in [-0.1, -0.05) is 61.7 Å². The molecule has 158 valence electrons. The number of methoxy groups -OCH3 is 1. The predicted octanol–water partition coefficient (Wildman–Crippen LogP) is 6.38. The van der Waals surface area contributed by atoms with E-state index in [-0.39, 0.29) is 12.4 Å². The van der Waals surface area contributed by atoms with Crippen LogP contribution in [0.4, 0.5) is 0 Å². The summed E-state index contributed by atoms with van der Waals surface area (Å²) in [5, 5.41) is 0. The van der Waals surface area contributed by atoms with Crippen molar-refractivity contribution in [2.24, 2.45) is 0 Å². The third-order valence-corrected chi connectivity index (χ3v) is 6.53. The normalized spacial score (nSPS) is 14.2. The Labute approximate surface area is 182 Å². The molecular weight excluding hydrogens is 419 g/mol. The zero-order valence-corrected chi connectivity index (χ0v) is 18.8. The number of benzene rings is 2.